The largest absolute Gasteiger partial charge is 0.480 e. The zero-order chi connectivity index (χ0) is 15.8. The van der Waals surface area contributed by atoms with E-state index in [-0.39, 0.29) is 15.8 Å². The van der Waals surface area contributed by atoms with Crippen molar-refractivity contribution < 1.29 is 19.2 Å². The number of nitro benzene ring substituents is 1. The van der Waals surface area contributed by atoms with Crippen LogP contribution >= 0.6 is 11.8 Å². The molecule has 1 aromatic heterocycles. The van der Waals surface area contributed by atoms with E-state index < -0.39 is 27.1 Å². The number of benzene rings is 1. The summed E-state index contributed by atoms with van der Waals surface area (Å²) in [4.78, 5) is 25.4. The molecule has 0 spiro atoms. The van der Waals surface area contributed by atoms with E-state index in [0.717, 1.165) is 17.8 Å². The number of nitro groups is 1. The molecular weight excluding hydrogens is 299 g/mol. The van der Waals surface area contributed by atoms with Crippen LogP contribution in [0.25, 0.3) is 10.9 Å². The lowest BCUT2D eigenvalue weighted by atomic mass is 10.2. The number of pyridine rings is 1. The first-order chi connectivity index (χ1) is 9.74. The van der Waals surface area contributed by atoms with Gasteiger partial charge in [-0.05, 0) is 26.0 Å². The van der Waals surface area contributed by atoms with Crippen molar-refractivity contribution in [2.75, 3.05) is 0 Å². The summed E-state index contributed by atoms with van der Waals surface area (Å²) in [7, 11) is 0. The summed E-state index contributed by atoms with van der Waals surface area (Å²) >= 11 is 0.771. The minimum absolute atomic E-state index is 0.0106. The summed E-state index contributed by atoms with van der Waals surface area (Å²) in [6, 6.07) is 3.76. The lowest BCUT2D eigenvalue weighted by Gasteiger charge is -2.19. The van der Waals surface area contributed by atoms with E-state index in [4.69, 9.17) is 5.11 Å². The van der Waals surface area contributed by atoms with Gasteiger partial charge in [-0.1, -0.05) is 0 Å². The minimum Gasteiger partial charge on any atom is -0.480 e. The topological polar surface area (TPSA) is 93.3 Å². The molecule has 0 unspecified atom stereocenters. The molecule has 21 heavy (non-hydrogen) atoms. The van der Waals surface area contributed by atoms with Crippen molar-refractivity contribution in [1.82, 2.24) is 4.98 Å². The first kappa shape index (κ1) is 15.2. The van der Waals surface area contributed by atoms with Crippen LogP contribution in [0, 0.1) is 15.9 Å². The fraction of sp³-hybridized carbons (Fsp3) is 0.231. The summed E-state index contributed by atoms with van der Waals surface area (Å²) in [5, 5.41) is 20.3. The van der Waals surface area contributed by atoms with E-state index in [2.05, 4.69) is 4.98 Å². The SMILES string of the molecule is CC(C)(Sc1c(F)cc([N+](=O)[O-])c2cccnc12)C(=O)O. The molecule has 0 radical (unpaired) electrons. The maximum atomic E-state index is 14.2. The Kier molecular flexibility index (Phi) is 3.82. The van der Waals surface area contributed by atoms with Crippen LogP contribution in [0.4, 0.5) is 10.1 Å². The molecule has 0 aliphatic carbocycles. The highest BCUT2D eigenvalue weighted by Crippen LogP contribution is 2.40. The van der Waals surface area contributed by atoms with Gasteiger partial charge in [0.25, 0.3) is 5.69 Å². The predicted octanol–water partition coefficient (Wildman–Crippen LogP) is 3.24. The van der Waals surface area contributed by atoms with Gasteiger partial charge in [0.05, 0.1) is 26.8 Å². The molecule has 1 heterocycles. The number of hydrogen-bond acceptors (Lipinski definition) is 5. The normalized spacial score (nSPS) is 11.6. The average molecular weight is 310 g/mol. The molecule has 1 N–H and O–H groups in total. The number of hydrogen-bond donors (Lipinski definition) is 1. The van der Waals surface area contributed by atoms with Crippen LogP contribution in [0.15, 0.2) is 29.3 Å². The summed E-state index contributed by atoms with van der Waals surface area (Å²) in [5.41, 5.74) is -0.309. The average Bonchev–Trinajstić information content (AvgIpc) is 2.41. The number of non-ortho nitro benzene ring substituents is 1. The Balaban J connectivity index is 2.71. The van der Waals surface area contributed by atoms with Crippen molar-refractivity contribution in [2.24, 2.45) is 0 Å². The molecule has 0 saturated carbocycles. The molecule has 110 valence electrons. The first-order valence-electron chi connectivity index (χ1n) is 5.88. The zero-order valence-corrected chi connectivity index (χ0v) is 12.0. The van der Waals surface area contributed by atoms with Gasteiger partial charge in [0.1, 0.15) is 10.6 Å². The molecule has 2 aromatic rings. The first-order valence-corrected chi connectivity index (χ1v) is 6.69. The Labute approximate surface area is 123 Å². The maximum absolute atomic E-state index is 14.2. The molecule has 0 bridgehead atoms. The van der Waals surface area contributed by atoms with Crippen LogP contribution in [-0.4, -0.2) is 25.7 Å². The molecule has 0 aliphatic heterocycles. The minimum atomic E-state index is -1.29. The molecule has 0 amide bonds. The fourth-order valence-electron chi connectivity index (χ4n) is 1.72. The van der Waals surface area contributed by atoms with Gasteiger partial charge in [-0.2, -0.15) is 0 Å². The van der Waals surface area contributed by atoms with Crippen molar-refractivity contribution in [1.29, 1.82) is 0 Å². The lowest BCUT2D eigenvalue weighted by molar-refractivity contribution is -0.383. The quantitative estimate of drug-likeness (QED) is 0.529. The maximum Gasteiger partial charge on any atom is 0.319 e. The van der Waals surface area contributed by atoms with E-state index in [1.54, 1.807) is 0 Å². The smallest absolute Gasteiger partial charge is 0.319 e. The molecular formula is C13H11FN2O4S. The second kappa shape index (κ2) is 5.28. The van der Waals surface area contributed by atoms with E-state index >= 15 is 0 Å². The van der Waals surface area contributed by atoms with Gasteiger partial charge in [0.15, 0.2) is 0 Å². The van der Waals surface area contributed by atoms with E-state index in [0.29, 0.717) is 0 Å². The Morgan fingerprint density at radius 1 is 1.52 bits per heavy atom. The number of rotatable bonds is 4. The molecule has 0 saturated heterocycles. The highest BCUT2D eigenvalue weighted by atomic mass is 32.2. The van der Waals surface area contributed by atoms with Crippen molar-refractivity contribution in [2.45, 2.75) is 23.5 Å². The van der Waals surface area contributed by atoms with Gasteiger partial charge in [-0.15, -0.1) is 11.8 Å². The molecule has 0 aliphatic rings. The number of nitrogens with zero attached hydrogens (tertiary/aromatic N) is 2. The number of carbonyl (C=O) groups is 1. The monoisotopic (exact) mass is 310 g/mol. The zero-order valence-electron chi connectivity index (χ0n) is 11.2. The van der Waals surface area contributed by atoms with Gasteiger partial charge in [-0.25, -0.2) is 4.39 Å². The van der Waals surface area contributed by atoms with Crippen molar-refractivity contribution in [3.8, 4) is 0 Å². The third kappa shape index (κ3) is 2.80. The van der Waals surface area contributed by atoms with Crippen molar-refractivity contribution >= 4 is 34.3 Å². The Bertz CT molecular complexity index is 748. The Morgan fingerprint density at radius 2 is 2.19 bits per heavy atom. The standard InChI is InChI=1S/C13H11FN2O4S/c1-13(2,12(17)18)21-11-8(14)6-9(16(19)20)7-4-3-5-15-10(7)11/h3-6H,1-2H3,(H,17,18). The molecule has 6 nitrogen and oxygen atoms in total. The van der Waals surface area contributed by atoms with Crippen LogP contribution < -0.4 is 0 Å². The van der Waals surface area contributed by atoms with Crippen LogP contribution in [0.2, 0.25) is 0 Å². The highest BCUT2D eigenvalue weighted by Gasteiger charge is 2.32. The van der Waals surface area contributed by atoms with Crippen LogP contribution in [0.3, 0.4) is 0 Å². The van der Waals surface area contributed by atoms with Crippen LogP contribution in [-0.2, 0) is 4.79 Å². The number of halogens is 1. The number of carboxylic acid groups (broad SMARTS) is 1. The lowest BCUT2D eigenvalue weighted by Crippen LogP contribution is -2.27. The number of carboxylic acids is 1. The van der Waals surface area contributed by atoms with Crippen LogP contribution in [0.5, 0.6) is 0 Å². The van der Waals surface area contributed by atoms with Gasteiger partial charge < -0.3 is 5.11 Å². The second-order valence-corrected chi connectivity index (χ2v) is 6.41. The third-order valence-corrected chi connectivity index (χ3v) is 4.13. The molecule has 1 aromatic carbocycles. The molecule has 2 rings (SSSR count). The Hall–Kier alpha value is -2.22. The summed E-state index contributed by atoms with van der Waals surface area (Å²) in [5.74, 6) is -1.97. The predicted molar refractivity (Wildman–Crippen MR) is 75.9 cm³/mol. The van der Waals surface area contributed by atoms with Crippen molar-refractivity contribution in [3.63, 3.8) is 0 Å². The fourth-order valence-corrected chi connectivity index (χ4v) is 2.73. The van der Waals surface area contributed by atoms with E-state index in [1.165, 1.54) is 32.2 Å². The van der Waals surface area contributed by atoms with E-state index in [9.17, 15) is 19.3 Å². The van der Waals surface area contributed by atoms with Gasteiger partial charge >= 0.3 is 5.97 Å². The Morgan fingerprint density at radius 3 is 2.76 bits per heavy atom. The molecule has 8 heteroatoms. The molecule has 0 atom stereocenters. The van der Waals surface area contributed by atoms with Crippen LogP contribution in [0.1, 0.15) is 13.8 Å². The number of fused-ring (bicyclic) bond motifs is 1. The number of aliphatic carboxylic acids is 1. The third-order valence-electron chi connectivity index (χ3n) is 2.85. The van der Waals surface area contributed by atoms with Gasteiger partial charge in [0, 0.05) is 6.20 Å². The summed E-state index contributed by atoms with van der Waals surface area (Å²) < 4.78 is 12.9. The van der Waals surface area contributed by atoms with E-state index in [1.807, 2.05) is 0 Å². The summed E-state index contributed by atoms with van der Waals surface area (Å²) in [6.07, 6.45) is 1.38. The van der Waals surface area contributed by atoms with Gasteiger partial charge in [0.2, 0.25) is 0 Å². The number of thioether (sulfide) groups is 1. The molecule has 0 fully saturated rings. The highest BCUT2D eigenvalue weighted by molar-refractivity contribution is 8.01. The van der Waals surface area contributed by atoms with Gasteiger partial charge in [-0.3, -0.25) is 19.9 Å². The second-order valence-electron chi connectivity index (χ2n) is 4.78. The summed E-state index contributed by atoms with van der Waals surface area (Å²) in [6.45, 7) is 2.85. The van der Waals surface area contributed by atoms with Crippen molar-refractivity contribution in [3.05, 3.63) is 40.3 Å². The number of aromatic nitrogens is 1.